The van der Waals surface area contributed by atoms with Crippen molar-refractivity contribution in [2.45, 2.75) is 23.5 Å². The van der Waals surface area contributed by atoms with Crippen molar-refractivity contribution in [1.29, 1.82) is 0 Å². The van der Waals surface area contributed by atoms with Crippen LogP contribution in [0.15, 0.2) is 83.9 Å². The normalized spacial score (nSPS) is 13.0. The molecule has 3 aromatic carbocycles. The predicted octanol–water partition coefficient (Wildman–Crippen LogP) is 4.61. The van der Waals surface area contributed by atoms with Gasteiger partial charge in [0.15, 0.2) is 19.7 Å². The van der Waals surface area contributed by atoms with Gasteiger partial charge in [-0.1, -0.05) is 36.4 Å². The zero-order valence-corrected chi connectivity index (χ0v) is 23.1. The molecule has 7 nitrogen and oxygen atoms in total. The van der Waals surface area contributed by atoms with E-state index in [1.807, 2.05) is 42.5 Å². The highest BCUT2D eigenvalue weighted by molar-refractivity contribution is 7.91. The van der Waals surface area contributed by atoms with Gasteiger partial charge in [0.2, 0.25) is 5.91 Å². The number of fused-ring (bicyclic) bond motifs is 1. The Labute approximate surface area is 222 Å². The molecule has 0 unspecified atom stereocenters. The lowest BCUT2D eigenvalue weighted by Crippen LogP contribution is -2.28. The number of aromatic nitrogens is 1. The average Bonchev–Trinajstić information content (AvgIpc) is 2.85. The lowest BCUT2D eigenvalue weighted by Gasteiger charge is -2.24. The minimum atomic E-state index is -3.42. The molecule has 196 valence electrons. The molecule has 0 fully saturated rings. The van der Waals surface area contributed by atoms with E-state index >= 15 is 0 Å². The van der Waals surface area contributed by atoms with Crippen molar-refractivity contribution in [3.05, 3.63) is 95.7 Å². The first-order valence-corrected chi connectivity index (χ1v) is 15.5. The van der Waals surface area contributed by atoms with Crippen LogP contribution >= 0.6 is 0 Å². The first-order valence-electron chi connectivity index (χ1n) is 11.7. The minimum Gasteiger partial charge on any atom is -0.366 e. The molecule has 1 aromatic heterocycles. The maximum absolute atomic E-state index is 12.6. The number of hydrogen-bond acceptors (Lipinski definition) is 6. The summed E-state index contributed by atoms with van der Waals surface area (Å²) in [7, 11) is -6.80. The highest BCUT2D eigenvalue weighted by Crippen LogP contribution is 2.36. The van der Waals surface area contributed by atoms with Gasteiger partial charge in [-0.3, -0.25) is 9.78 Å². The van der Waals surface area contributed by atoms with Crippen LogP contribution in [0.25, 0.3) is 33.7 Å². The van der Waals surface area contributed by atoms with E-state index < -0.39 is 30.3 Å². The third-order valence-corrected chi connectivity index (χ3v) is 9.91. The van der Waals surface area contributed by atoms with E-state index in [0.717, 1.165) is 22.8 Å². The van der Waals surface area contributed by atoms with Crippen LogP contribution in [-0.2, 0) is 29.2 Å². The minimum absolute atomic E-state index is 0.142. The molecule has 0 radical (unpaired) electrons. The van der Waals surface area contributed by atoms with E-state index in [9.17, 15) is 21.6 Å². The SMILES string of the molecule is CC(C)(c1cc(-c2cccc(/C=C(/C(N)=O)c3ccc(S(C)(=O)=O)cc3)c2)c2ncccc2c1)S(C)(=O)=O. The topological polar surface area (TPSA) is 124 Å². The van der Waals surface area contributed by atoms with Crippen molar-refractivity contribution < 1.29 is 21.6 Å². The maximum atomic E-state index is 12.6. The van der Waals surface area contributed by atoms with E-state index in [2.05, 4.69) is 4.98 Å². The number of nitrogens with two attached hydrogens (primary N) is 1. The smallest absolute Gasteiger partial charge is 0.249 e. The molecule has 9 heteroatoms. The van der Waals surface area contributed by atoms with Crippen LogP contribution in [0.4, 0.5) is 0 Å². The second kappa shape index (κ2) is 9.81. The quantitative estimate of drug-likeness (QED) is 0.266. The van der Waals surface area contributed by atoms with E-state index in [4.69, 9.17) is 5.73 Å². The fourth-order valence-electron chi connectivity index (χ4n) is 4.12. The van der Waals surface area contributed by atoms with Crippen molar-refractivity contribution in [3.63, 3.8) is 0 Å². The summed E-state index contributed by atoms with van der Waals surface area (Å²) in [4.78, 5) is 17.0. The van der Waals surface area contributed by atoms with Crippen LogP contribution in [-0.4, -0.2) is 40.2 Å². The van der Waals surface area contributed by atoms with Crippen LogP contribution < -0.4 is 5.73 Å². The second-order valence-corrected chi connectivity index (χ2v) is 14.3. The molecule has 1 heterocycles. The number of rotatable bonds is 7. The highest BCUT2D eigenvalue weighted by Gasteiger charge is 2.33. The van der Waals surface area contributed by atoms with Gasteiger partial charge < -0.3 is 5.73 Å². The summed E-state index contributed by atoms with van der Waals surface area (Å²) < 4.78 is 47.6. The van der Waals surface area contributed by atoms with Gasteiger partial charge in [-0.2, -0.15) is 0 Å². The molecule has 1 amide bonds. The predicted molar refractivity (Wildman–Crippen MR) is 152 cm³/mol. The van der Waals surface area contributed by atoms with Crippen molar-refractivity contribution in [2.24, 2.45) is 5.73 Å². The van der Waals surface area contributed by atoms with Crippen molar-refractivity contribution in [2.75, 3.05) is 12.5 Å². The molecular weight excluding hydrogens is 520 g/mol. The molecule has 0 spiro atoms. The van der Waals surface area contributed by atoms with Gasteiger partial charge in [-0.25, -0.2) is 16.8 Å². The van der Waals surface area contributed by atoms with Crippen LogP contribution in [0.1, 0.15) is 30.5 Å². The fraction of sp³-hybridized carbons (Fsp3) is 0.172. The van der Waals surface area contributed by atoms with Gasteiger partial charge >= 0.3 is 0 Å². The molecule has 0 saturated carbocycles. The molecule has 0 aliphatic rings. The summed E-state index contributed by atoms with van der Waals surface area (Å²) in [6, 6.07) is 20.8. The number of hydrogen-bond donors (Lipinski definition) is 1. The second-order valence-electron chi connectivity index (χ2n) is 9.73. The Morgan fingerprint density at radius 1 is 0.895 bits per heavy atom. The monoisotopic (exact) mass is 548 g/mol. The number of pyridine rings is 1. The van der Waals surface area contributed by atoms with Crippen LogP contribution in [0.3, 0.4) is 0 Å². The molecule has 4 aromatic rings. The summed E-state index contributed by atoms with van der Waals surface area (Å²) in [5.41, 5.74) is 9.96. The third kappa shape index (κ3) is 5.39. The average molecular weight is 549 g/mol. The Bertz CT molecular complexity index is 1810. The Balaban J connectivity index is 1.87. The molecule has 0 atom stereocenters. The summed E-state index contributed by atoms with van der Waals surface area (Å²) in [6.07, 6.45) is 5.66. The number of sulfone groups is 2. The standard InChI is InChI=1S/C29H28N2O5S2/c1-29(2,38(4,35)36)23-17-22-9-6-14-31-27(22)25(18-23)21-8-5-7-19(15-21)16-26(28(30)32)20-10-12-24(13-11-20)37(3,33)34/h5-18H,1-4H3,(H2,30,32)/b26-16+. The molecule has 0 bridgehead atoms. The van der Waals surface area contributed by atoms with Crippen LogP contribution in [0.5, 0.6) is 0 Å². The van der Waals surface area contributed by atoms with Crippen molar-refractivity contribution in [1.82, 2.24) is 4.98 Å². The molecule has 0 aliphatic heterocycles. The van der Waals surface area contributed by atoms with Gasteiger partial charge in [-0.05, 0) is 78.6 Å². The zero-order chi connectivity index (χ0) is 27.9. The van der Waals surface area contributed by atoms with Crippen molar-refractivity contribution >= 4 is 48.1 Å². The summed E-state index contributed by atoms with van der Waals surface area (Å²) in [6.45, 7) is 3.36. The van der Waals surface area contributed by atoms with Gasteiger partial charge in [0.05, 0.1) is 15.2 Å². The lowest BCUT2D eigenvalue weighted by molar-refractivity contribution is -0.112. The number of carbonyl (C=O) groups is 1. The molecule has 4 rings (SSSR count). The molecule has 0 aliphatic carbocycles. The number of amides is 1. The number of benzene rings is 3. The molecular formula is C29H28N2O5S2. The first kappa shape index (κ1) is 27.2. The highest BCUT2D eigenvalue weighted by atomic mass is 32.2. The van der Waals surface area contributed by atoms with Gasteiger partial charge in [0.25, 0.3) is 0 Å². The summed E-state index contributed by atoms with van der Waals surface area (Å²) in [5, 5.41) is 0.807. The largest absolute Gasteiger partial charge is 0.366 e. The number of carbonyl (C=O) groups excluding carboxylic acids is 1. The van der Waals surface area contributed by atoms with Gasteiger partial charge in [0.1, 0.15) is 0 Å². The van der Waals surface area contributed by atoms with E-state index in [1.165, 1.54) is 18.4 Å². The fourth-order valence-corrected chi connectivity index (χ4v) is 5.29. The van der Waals surface area contributed by atoms with E-state index in [-0.39, 0.29) is 10.5 Å². The molecule has 2 N–H and O–H groups in total. The Morgan fingerprint density at radius 3 is 2.18 bits per heavy atom. The lowest BCUT2D eigenvalue weighted by atomic mass is 9.92. The summed E-state index contributed by atoms with van der Waals surface area (Å²) in [5.74, 6) is -0.661. The van der Waals surface area contributed by atoms with E-state index in [1.54, 1.807) is 44.3 Å². The Morgan fingerprint density at radius 2 is 1.58 bits per heavy atom. The first-order chi connectivity index (χ1) is 17.7. The number of primary amides is 1. The van der Waals surface area contributed by atoms with Gasteiger partial charge in [0, 0.05) is 35.2 Å². The Kier molecular flexibility index (Phi) is 7.03. The summed E-state index contributed by atoms with van der Waals surface area (Å²) >= 11 is 0. The van der Waals surface area contributed by atoms with Crippen LogP contribution in [0.2, 0.25) is 0 Å². The zero-order valence-electron chi connectivity index (χ0n) is 21.5. The third-order valence-electron chi connectivity index (χ3n) is 6.69. The maximum Gasteiger partial charge on any atom is 0.249 e. The Hall–Kier alpha value is -3.82. The van der Waals surface area contributed by atoms with Gasteiger partial charge in [-0.15, -0.1) is 0 Å². The number of nitrogens with zero attached hydrogens (tertiary/aromatic N) is 1. The van der Waals surface area contributed by atoms with Crippen LogP contribution in [0, 0.1) is 0 Å². The molecule has 0 saturated heterocycles. The van der Waals surface area contributed by atoms with Crippen molar-refractivity contribution in [3.8, 4) is 11.1 Å². The van der Waals surface area contributed by atoms with E-state index in [0.29, 0.717) is 22.2 Å². The molecule has 38 heavy (non-hydrogen) atoms.